The zero-order chi connectivity index (χ0) is 13.1. The van der Waals surface area contributed by atoms with Gasteiger partial charge in [0.25, 0.3) is 0 Å². The van der Waals surface area contributed by atoms with Crippen molar-refractivity contribution in [3.8, 4) is 0 Å². The minimum Gasteiger partial charge on any atom is -0.397 e. The zero-order valence-corrected chi connectivity index (χ0v) is 10.1. The van der Waals surface area contributed by atoms with E-state index in [4.69, 9.17) is 17.3 Å². The second-order valence-corrected chi connectivity index (χ2v) is 4.25. The maximum atomic E-state index is 13.5. The van der Waals surface area contributed by atoms with Crippen LogP contribution in [0.1, 0.15) is 16.1 Å². The molecular formula is C13H10ClFN2O. The monoisotopic (exact) mass is 264 g/mol. The summed E-state index contributed by atoms with van der Waals surface area (Å²) in [5, 5.41) is 0.393. The van der Waals surface area contributed by atoms with Gasteiger partial charge in [-0.25, -0.2) is 4.39 Å². The summed E-state index contributed by atoms with van der Waals surface area (Å²) in [5.41, 5.74) is 6.45. The lowest BCUT2D eigenvalue weighted by molar-refractivity contribution is 0.0987. The lowest BCUT2D eigenvalue weighted by Crippen LogP contribution is -2.07. The number of hydrogen-bond donors (Lipinski definition) is 1. The molecule has 0 bridgehead atoms. The summed E-state index contributed by atoms with van der Waals surface area (Å²) in [6.07, 6.45) is 1.31. The van der Waals surface area contributed by atoms with Gasteiger partial charge in [-0.05, 0) is 35.9 Å². The van der Waals surface area contributed by atoms with Crippen LogP contribution in [0.15, 0.2) is 36.5 Å². The number of hydrogen-bond acceptors (Lipinski definition) is 3. The fourth-order valence-electron chi connectivity index (χ4n) is 1.51. The second-order valence-electron chi connectivity index (χ2n) is 3.81. The van der Waals surface area contributed by atoms with E-state index in [2.05, 4.69) is 4.98 Å². The Bertz CT molecular complexity index is 584. The van der Waals surface area contributed by atoms with Crippen LogP contribution in [-0.2, 0) is 6.42 Å². The molecule has 2 aromatic rings. The Labute approximate surface area is 108 Å². The van der Waals surface area contributed by atoms with Gasteiger partial charge in [-0.1, -0.05) is 11.6 Å². The number of nitrogens with zero attached hydrogens (tertiary/aromatic N) is 1. The summed E-state index contributed by atoms with van der Waals surface area (Å²) in [6, 6.07) is 7.20. The highest BCUT2D eigenvalue weighted by atomic mass is 35.5. The molecule has 5 heteroatoms. The Hall–Kier alpha value is -1.94. The SMILES string of the molecule is Nc1ccc(C(=O)Cc2cc(Cl)ccc2F)nc1. The Morgan fingerprint density at radius 2 is 2.11 bits per heavy atom. The quantitative estimate of drug-likeness (QED) is 0.868. The maximum Gasteiger partial charge on any atom is 0.185 e. The molecule has 92 valence electrons. The van der Waals surface area contributed by atoms with Crippen molar-refractivity contribution >= 4 is 23.1 Å². The Balaban J connectivity index is 2.21. The standard InChI is InChI=1S/C13H10ClFN2O/c14-9-1-3-11(15)8(5-9)6-13(18)12-4-2-10(16)7-17-12/h1-5,7H,6,16H2. The lowest BCUT2D eigenvalue weighted by atomic mass is 10.1. The molecule has 0 atom stereocenters. The maximum absolute atomic E-state index is 13.5. The van der Waals surface area contributed by atoms with Crippen molar-refractivity contribution in [2.75, 3.05) is 5.73 Å². The first-order chi connectivity index (χ1) is 8.56. The Morgan fingerprint density at radius 3 is 2.78 bits per heavy atom. The minimum atomic E-state index is -0.455. The van der Waals surface area contributed by atoms with Crippen molar-refractivity contribution in [3.05, 3.63) is 58.6 Å². The molecule has 0 spiro atoms. The van der Waals surface area contributed by atoms with Gasteiger partial charge in [-0.2, -0.15) is 0 Å². The van der Waals surface area contributed by atoms with Crippen LogP contribution in [0.2, 0.25) is 5.02 Å². The number of rotatable bonds is 3. The summed E-state index contributed by atoms with van der Waals surface area (Å²) >= 11 is 5.76. The number of Topliss-reactive ketones (excluding diaryl/α,β-unsaturated/α-hetero) is 1. The third-order valence-corrected chi connectivity index (χ3v) is 2.67. The van der Waals surface area contributed by atoms with E-state index in [1.807, 2.05) is 0 Å². The van der Waals surface area contributed by atoms with Crippen molar-refractivity contribution in [2.24, 2.45) is 0 Å². The van der Waals surface area contributed by atoms with E-state index >= 15 is 0 Å². The molecule has 0 aliphatic rings. The zero-order valence-electron chi connectivity index (χ0n) is 9.36. The fourth-order valence-corrected chi connectivity index (χ4v) is 1.71. The molecule has 0 unspecified atom stereocenters. The van der Waals surface area contributed by atoms with E-state index in [0.717, 1.165) is 0 Å². The summed E-state index contributed by atoms with van der Waals surface area (Å²) in [6.45, 7) is 0. The van der Waals surface area contributed by atoms with Crippen LogP contribution < -0.4 is 5.73 Å². The molecule has 18 heavy (non-hydrogen) atoms. The lowest BCUT2D eigenvalue weighted by Gasteiger charge is -2.03. The molecule has 0 saturated heterocycles. The van der Waals surface area contributed by atoms with Gasteiger partial charge in [0.15, 0.2) is 5.78 Å². The van der Waals surface area contributed by atoms with Crippen LogP contribution in [0.3, 0.4) is 0 Å². The van der Waals surface area contributed by atoms with E-state index in [-0.39, 0.29) is 23.5 Å². The first-order valence-electron chi connectivity index (χ1n) is 5.25. The third-order valence-electron chi connectivity index (χ3n) is 2.43. The molecule has 1 aromatic heterocycles. The molecule has 1 heterocycles. The van der Waals surface area contributed by atoms with Gasteiger partial charge in [-0.3, -0.25) is 9.78 Å². The highest BCUT2D eigenvalue weighted by Crippen LogP contribution is 2.16. The molecular weight excluding hydrogens is 255 g/mol. The Morgan fingerprint density at radius 1 is 1.33 bits per heavy atom. The first-order valence-corrected chi connectivity index (χ1v) is 5.63. The van der Waals surface area contributed by atoms with E-state index in [0.29, 0.717) is 10.7 Å². The van der Waals surface area contributed by atoms with Crippen LogP contribution in [0, 0.1) is 5.82 Å². The van der Waals surface area contributed by atoms with E-state index < -0.39 is 5.82 Å². The topological polar surface area (TPSA) is 56.0 Å². The number of benzene rings is 1. The van der Waals surface area contributed by atoms with Crippen LogP contribution in [-0.4, -0.2) is 10.8 Å². The average molecular weight is 265 g/mol. The van der Waals surface area contributed by atoms with Crippen molar-refractivity contribution in [3.63, 3.8) is 0 Å². The number of anilines is 1. The summed E-state index contributed by atoms with van der Waals surface area (Å²) in [4.78, 5) is 15.8. The largest absolute Gasteiger partial charge is 0.397 e. The normalized spacial score (nSPS) is 10.3. The predicted molar refractivity (Wildman–Crippen MR) is 68.1 cm³/mol. The number of nitrogen functional groups attached to an aromatic ring is 1. The van der Waals surface area contributed by atoms with E-state index in [1.165, 1.54) is 30.5 Å². The number of carbonyl (C=O) groups is 1. The molecule has 3 nitrogen and oxygen atoms in total. The number of halogens is 2. The van der Waals surface area contributed by atoms with Crippen LogP contribution in [0.4, 0.5) is 10.1 Å². The molecule has 2 rings (SSSR count). The van der Waals surface area contributed by atoms with E-state index in [1.54, 1.807) is 6.07 Å². The minimum absolute atomic E-state index is 0.0800. The number of carbonyl (C=O) groups excluding carboxylic acids is 1. The van der Waals surface area contributed by atoms with Crippen molar-refractivity contribution in [1.29, 1.82) is 0 Å². The first kappa shape index (κ1) is 12.5. The van der Waals surface area contributed by atoms with Gasteiger partial charge in [0.2, 0.25) is 0 Å². The van der Waals surface area contributed by atoms with Crippen molar-refractivity contribution < 1.29 is 9.18 Å². The van der Waals surface area contributed by atoms with Crippen molar-refractivity contribution in [2.45, 2.75) is 6.42 Å². The van der Waals surface area contributed by atoms with E-state index in [9.17, 15) is 9.18 Å². The smallest absolute Gasteiger partial charge is 0.185 e. The summed E-state index contributed by atoms with van der Waals surface area (Å²) < 4.78 is 13.5. The fraction of sp³-hybridized carbons (Fsp3) is 0.0769. The van der Waals surface area contributed by atoms with Gasteiger partial charge >= 0.3 is 0 Å². The summed E-state index contributed by atoms with van der Waals surface area (Å²) in [5.74, 6) is -0.737. The van der Waals surface area contributed by atoms with Crippen molar-refractivity contribution in [1.82, 2.24) is 4.98 Å². The third kappa shape index (κ3) is 2.84. The van der Waals surface area contributed by atoms with Crippen LogP contribution in [0.5, 0.6) is 0 Å². The number of nitrogens with two attached hydrogens (primary N) is 1. The Kier molecular flexibility index (Phi) is 3.58. The highest BCUT2D eigenvalue weighted by molar-refractivity contribution is 6.30. The molecule has 1 aromatic carbocycles. The molecule has 2 N–H and O–H groups in total. The molecule has 0 fully saturated rings. The number of aromatic nitrogens is 1. The van der Waals surface area contributed by atoms with Gasteiger partial charge in [0.05, 0.1) is 11.9 Å². The average Bonchev–Trinajstić information content (AvgIpc) is 2.34. The van der Waals surface area contributed by atoms with Gasteiger partial charge in [0.1, 0.15) is 11.5 Å². The van der Waals surface area contributed by atoms with Crippen LogP contribution >= 0.6 is 11.6 Å². The predicted octanol–water partition coefficient (Wildman–Crippen LogP) is 2.88. The molecule has 0 radical (unpaired) electrons. The highest BCUT2D eigenvalue weighted by Gasteiger charge is 2.12. The molecule has 0 amide bonds. The molecule has 0 aliphatic heterocycles. The van der Waals surface area contributed by atoms with Gasteiger partial charge < -0.3 is 5.73 Å². The molecule has 0 saturated carbocycles. The van der Waals surface area contributed by atoms with Gasteiger partial charge in [-0.15, -0.1) is 0 Å². The molecule has 0 aliphatic carbocycles. The second kappa shape index (κ2) is 5.14. The number of ketones is 1. The van der Waals surface area contributed by atoms with Gasteiger partial charge in [0, 0.05) is 11.4 Å². The summed E-state index contributed by atoms with van der Waals surface area (Å²) in [7, 11) is 0. The number of pyridine rings is 1. The van der Waals surface area contributed by atoms with Crippen LogP contribution in [0.25, 0.3) is 0 Å².